The smallest absolute Gasteiger partial charge is 0.269 e. The number of benzene rings is 3. The minimum atomic E-state index is -0.447. The lowest BCUT2D eigenvalue weighted by atomic mass is 10.1. The van der Waals surface area contributed by atoms with Gasteiger partial charge in [-0.25, -0.2) is 5.43 Å². The first-order valence-electron chi connectivity index (χ1n) is 10.8. The van der Waals surface area contributed by atoms with Crippen LogP contribution in [0.2, 0.25) is 0 Å². The fourth-order valence-corrected chi connectivity index (χ4v) is 3.32. The molecule has 1 aliphatic rings. The summed E-state index contributed by atoms with van der Waals surface area (Å²) in [5.41, 5.74) is 4.82. The maximum atomic E-state index is 12.2. The molecular formula is C25H23N3O7. The lowest BCUT2D eigenvalue weighted by Crippen LogP contribution is -2.19. The Labute approximate surface area is 201 Å². The Hall–Kier alpha value is -4.60. The van der Waals surface area contributed by atoms with Crippen LogP contribution >= 0.6 is 0 Å². The van der Waals surface area contributed by atoms with Crippen LogP contribution in [0.3, 0.4) is 0 Å². The standard InChI is InChI=1S/C25H23N3O7/c1-2-32-23-12-19(6-10-21(23)33-15-17-3-7-20(8-4-17)28(30)31)14-26-27-25(29)13-18-5-9-22-24(11-18)35-16-34-22/h3-12,14H,2,13,15-16H2,1H3,(H,27,29). The number of nitro benzene ring substituents is 1. The van der Waals surface area contributed by atoms with E-state index in [1.165, 1.54) is 18.3 Å². The van der Waals surface area contributed by atoms with E-state index in [1.807, 2.05) is 6.92 Å². The second-order valence-electron chi connectivity index (χ2n) is 7.51. The van der Waals surface area contributed by atoms with E-state index in [9.17, 15) is 14.9 Å². The molecule has 1 heterocycles. The molecule has 0 aromatic heterocycles. The summed E-state index contributed by atoms with van der Waals surface area (Å²) in [5, 5.41) is 14.8. The molecule has 180 valence electrons. The molecule has 0 saturated carbocycles. The highest BCUT2D eigenvalue weighted by atomic mass is 16.7. The molecule has 4 rings (SSSR count). The molecule has 10 nitrogen and oxygen atoms in total. The van der Waals surface area contributed by atoms with Crippen LogP contribution in [-0.2, 0) is 17.8 Å². The maximum Gasteiger partial charge on any atom is 0.269 e. The number of carbonyl (C=O) groups is 1. The summed E-state index contributed by atoms with van der Waals surface area (Å²) in [6.45, 7) is 2.69. The Balaban J connectivity index is 1.34. The van der Waals surface area contributed by atoms with Gasteiger partial charge in [-0.05, 0) is 66.1 Å². The van der Waals surface area contributed by atoms with E-state index in [0.29, 0.717) is 35.2 Å². The number of fused-ring (bicyclic) bond motifs is 1. The molecule has 3 aromatic carbocycles. The molecule has 0 atom stereocenters. The molecule has 3 aromatic rings. The van der Waals surface area contributed by atoms with Crippen LogP contribution in [0.5, 0.6) is 23.0 Å². The number of ether oxygens (including phenoxy) is 4. The molecular weight excluding hydrogens is 454 g/mol. The van der Waals surface area contributed by atoms with Crippen molar-refractivity contribution < 1.29 is 28.7 Å². The molecule has 0 bridgehead atoms. The molecule has 0 spiro atoms. The third kappa shape index (κ3) is 6.26. The zero-order valence-corrected chi connectivity index (χ0v) is 18.9. The quantitative estimate of drug-likeness (QED) is 0.266. The van der Waals surface area contributed by atoms with E-state index in [1.54, 1.807) is 48.5 Å². The van der Waals surface area contributed by atoms with Gasteiger partial charge in [-0.15, -0.1) is 0 Å². The van der Waals surface area contributed by atoms with Crippen LogP contribution in [0.25, 0.3) is 0 Å². The van der Waals surface area contributed by atoms with E-state index in [4.69, 9.17) is 18.9 Å². The minimum absolute atomic E-state index is 0.0235. The van der Waals surface area contributed by atoms with Gasteiger partial charge < -0.3 is 18.9 Å². The molecule has 0 fully saturated rings. The largest absolute Gasteiger partial charge is 0.490 e. The van der Waals surface area contributed by atoms with Crippen molar-refractivity contribution in [1.82, 2.24) is 5.43 Å². The first kappa shape index (κ1) is 23.6. The van der Waals surface area contributed by atoms with Crippen molar-refractivity contribution in [2.75, 3.05) is 13.4 Å². The van der Waals surface area contributed by atoms with Gasteiger partial charge >= 0.3 is 0 Å². The second kappa shape index (κ2) is 11.0. The van der Waals surface area contributed by atoms with Gasteiger partial charge in [0, 0.05) is 12.1 Å². The molecule has 1 amide bonds. The summed E-state index contributed by atoms with van der Waals surface area (Å²) in [6.07, 6.45) is 1.66. The van der Waals surface area contributed by atoms with Gasteiger partial charge in [0.05, 0.1) is 24.2 Å². The number of rotatable bonds is 10. The Bertz CT molecular complexity index is 1240. The zero-order valence-electron chi connectivity index (χ0n) is 18.9. The van der Waals surface area contributed by atoms with Crippen LogP contribution < -0.4 is 24.4 Å². The average molecular weight is 477 g/mol. The number of carbonyl (C=O) groups excluding carboxylic acids is 1. The van der Waals surface area contributed by atoms with Crippen LogP contribution in [0.15, 0.2) is 65.8 Å². The predicted molar refractivity (Wildman–Crippen MR) is 127 cm³/mol. The van der Waals surface area contributed by atoms with Crippen molar-refractivity contribution in [2.24, 2.45) is 5.10 Å². The first-order valence-corrected chi connectivity index (χ1v) is 10.8. The van der Waals surface area contributed by atoms with Crippen LogP contribution in [0.1, 0.15) is 23.6 Å². The zero-order chi connectivity index (χ0) is 24.6. The molecule has 0 aliphatic carbocycles. The summed E-state index contributed by atoms with van der Waals surface area (Å²) in [7, 11) is 0. The number of hydrazone groups is 1. The SMILES string of the molecule is CCOc1cc(C=NNC(=O)Cc2ccc3c(c2)OCO3)ccc1OCc1ccc([N+](=O)[O-])cc1. The number of amides is 1. The van der Waals surface area contributed by atoms with E-state index >= 15 is 0 Å². The predicted octanol–water partition coefficient (Wildman–Crippen LogP) is 3.99. The van der Waals surface area contributed by atoms with Crippen molar-refractivity contribution in [3.05, 3.63) is 87.5 Å². The second-order valence-corrected chi connectivity index (χ2v) is 7.51. The highest BCUT2D eigenvalue weighted by Crippen LogP contribution is 2.32. The number of nitro groups is 1. The van der Waals surface area contributed by atoms with Gasteiger partial charge in [0.25, 0.3) is 5.69 Å². The summed E-state index contributed by atoms with van der Waals surface area (Å²) in [4.78, 5) is 22.6. The summed E-state index contributed by atoms with van der Waals surface area (Å²) in [6, 6.07) is 16.8. The maximum absolute atomic E-state index is 12.2. The molecule has 1 aliphatic heterocycles. The van der Waals surface area contributed by atoms with Gasteiger partial charge in [-0.3, -0.25) is 14.9 Å². The Morgan fingerprint density at radius 1 is 1.03 bits per heavy atom. The number of hydrogen-bond donors (Lipinski definition) is 1. The Morgan fingerprint density at radius 2 is 1.80 bits per heavy atom. The van der Waals surface area contributed by atoms with Gasteiger partial charge in [-0.1, -0.05) is 6.07 Å². The van der Waals surface area contributed by atoms with Crippen molar-refractivity contribution in [3.8, 4) is 23.0 Å². The molecule has 35 heavy (non-hydrogen) atoms. The van der Waals surface area contributed by atoms with E-state index in [0.717, 1.165) is 11.1 Å². The van der Waals surface area contributed by atoms with Gasteiger partial charge in [-0.2, -0.15) is 5.10 Å². The van der Waals surface area contributed by atoms with Crippen LogP contribution in [0, 0.1) is 10.1 Å². The summed E-state index contributed by atoms with van der Waals surface area (Å²) >= 11 is 0. The molecule has 0 saturated heterocycles. The van der Waals surface area contributed by atoms with Crippen LogP contribution in [0.4, 0.5) is 5.69 Å². The number of nitrogens with zero attached hydrogens (tertiary/aromatic N) is 2. The molecule has 10 heteroatoms. The van der Waals surface area contributed by atoms with Crippen LogP contribution in [-0.4, -0.2) is 30.4 Å². The van der Waals surface area contributed by atoms with E-state index in [-0.39, 0.29) is 31.4 Å². The lowest BCUT2D eigenvalue weighted by Gasteiger charge is -2.12. The molecule has 1 N–H and O–H groups in total. The minimum Gasteiger partial charge on any atom is -0.490 e. The van der Waals surface area contributed by atoms with Crippen molar-refractivity contribution >= 4 is 17.8 Å². The third-order valence-corrected chi connectivity index (χ3v) is 5.01. The lowest BCUT2D eigenvalue weighted by molar-refractivity contribution is -0.384. The fourth-order valence-electron chi connectivity index (χ4n) is 3.32. The van der Waals surface area contributed by atoms with Crippen molar-refractivity contribution in [3.63, 3.8) is 0 Å². The summed E-state index contributed by atoms with van der Waals surface area (Å²) < 4.78 is 22.1. The average Bonchev–Trinajstić information content (AvgIpc) is 3.32. The number of nitrogens with one attached hydrogen (secondary N) is 1. The summed E-state index contributed by atoms with van der Waals surface area (Å²) in [5.74, 6) is 2.06. The van der Waals surface area contributed by atoms with Crippen molar-refractivity contribution in [2.45, 2.75) is 20.0 Å². The van der Waals surface area contributed by atoms with Crippen molar-refractivity contribution in [1.29, 1.82) is 0 Å². The van der Waals surface area contributed by atoms with E-state index < -0.39 is 4.92 Å². The Morgan fingerprint density at radius 3 is 2.57 bits per heavy atom. The van der Waals surface area contributed by atoms with Gasteiger partial charge in [0.1, 0.15) is 6.61 Å². The highest BCUT2D eigenvalue weighted by Gasteiger charge is 2.14. The van der Waals surface area contributed by atoms with Gasteiger partial charge in [0.2, 0.25) is 12.7 Å². The Kier molecular flexibility index (Phi) is 7.41. The van der Waals surface area contributed by atoms with E-state index in [2.05, 4.69) is 10.5 Å². The fraction of sp³-hybridized carbons (Fsp3) is 0.200. The number of hydrogen-bond acceptors (Lipinski definition) is 8. The highest BCUT2D eigenvalue weighted by molar-refractivity contribution is 5.84. The number of non-ortho nitro benzene ring substituents is 1. The molecule has 0 unspecified atom stereocenters. The monoisotopic (exact) mass is 477 g/mol. The first-order chi connectivity index (χ1) is 17.0. The topological polar surface area (TPSA) is 122 Å². The molecule has 0 radical (unpaired) electrons. The normalized spacial score (nSPS) is 11.9. The van der Waals surface area contributed by atoms with Gasteiger partial charge in [0.15, 0.2) is 23.0 Å². The third-order valence-electron chi connectivity index (χ3n) is 5.01.